The molecule has 1 aromatic rings. The van der Waals surface area contributed by atoms with E-state index in [1.807, 2.05) is 30.3 Å². The molecule has 0 aromatic heterocycles. The average molecular weight is 286 g/mol. The van der Waals surface area contributed by atoms with E-state index in [0.29, 0.717) is 0 Å². The summed E-state index contributed by atoms with van der Waals surface area (Å²) in [7, 11) is 3.29. The van der Waals surface area contributed by atoms with Gasteiger partial charge in [0.15, 0.2) is 0 Å². The Labute approximate surface area is 119 Å². The van der Waals surface area contributed by atoms with Gasteiger partial charge in [-0.1, -0.05) is 30.3 Å². The van der Waals surface area contributed by atoms with Crippen LogP contribution in [0.15, 0.2) is 30.3 Å². The summed E-state index contributed by atoms with van der Waals surface area (Å²) in [5.41, 5.74) is 6.81. The second-order valence-electron chi connectivity index (χ2n) is 4.29. The maximum absolute atomic E-state index is 11.6. The van der Waals surface area contributed by atoms with Gasteiger partial charge in [0.2, 0.25) is 11.8 Å². The van der Waals surface area contributed by atoms with Crippen molar-refractivity contribution in [2.24, 2.45) is 5.73 Å². The Balaban J connectivity index is 0.00000324. The van der Waals surface area contributed by atoms with Gasteiger partial charge in [-0.2, -0.15) is 0 Å². The maximum atomic E-state index is 11.6. The normalized spacial score (nSPS) is 11.1. The van der Waals surface area contributed by atoms with Gasteiger partial charge < -0.3 is 16.0 Å². The minimum absolute atomic E-state index is 0. The summed E-state index contributed by atoms with van der Waals surface area (Å²) in [6.45, 7) is 0.00728. The predicted octanol–water partition coefficient (Wildman–Crippen LogP) is 0.703. The SMILES string of the molecule is CN(C)C(=O)CNC(=O)CC(N)c1ccccc1.Cl. The van der Waals surface area contributed by atoms with Crippen molar-refractivity contribution >= 4 is 24.2 Å². The lowest BCUT2D eigenvalue weighted by Gasteiger charge is -2.13. The average Bonchev–Trinajstić information content (AvgIpc) is 2.36. The second-order valence-corrected chi connectivity index (χ2v) is 4.29. The van der Waals surface area contributed by atoms with Crippen LogP contribution in [0.1, 0.15) is 18.0 Å². The molecule has 0 saturated heterocycles. The van der Waals surface area contributed by atoms with Gasteiger partial charge in [-0.05, 0) is 5.56 Å². The Kier molecular flexibility index (Phi) is 7.79. The van der Waals surface area contributed by atoms with Crippen LogP contribution < -0.4 is 11.1 Å². The minimum Gasteiger partial charge on any atom is -0.347 e. The molecule has 0 spiro atoms. The molecule has 0 heterocycles. The van der Waals surface area contributed by atoms with Gasteiger partial charge >= 0.3 is 0 Å². The molecule has 6 heteroatoms. The zero-order valence-electron chi connectivity index (χ0n) is 11.1. The summed E-state index contributed by atoms with van der Waals surface area (Å²) in [5, 5.41) is 2.55. The van der Waals surface area contributed by atoms with Crippen LogP contribution in [0, 0.1) is 0 Å². The minimum atomic E-state index is -0.347. The Bertz CT molecular complexity index is 410. The van der Waals surface area contributed by atoms with Gasteiger partial charge in [-0.15, -0.1) is 12.4 Å². The molecule has 3 N–H and O–H groups in total. The van der Waals surface area contributed by atoms with E-state index in [2.05, 4.69) is 5.32 Å². The van der Waals surface area contributed by atoms with Crippen LogP contribution in [0.2, 0.25) is 0 Å². The summed E-state index contributed by atoms with van der Waals surface area (Å²) >= 11 is 0. The first-order valence-corrected chi connectivity index (χ1v) is 5.78. The molecule has 0 saturated carbocycles. The van der Waals surface area contributed by atoms with Crippen LogP contribution in [-0.4, -0.2) is 37.4 Å². The molecule has 5 nitrogen and oxygen atoms in total. The zero-order valence-corrected chi connectivity index (χ0v) is 11.9. The van der Waals surface area contributed by atoms with E-state index in [1.165, 1.54) is 4.90 Å². The number of hydrogen-bond donors (Lipinski definition) is 2. The highest BCUT2D eigenvalue weighted by Crippen LogP contribution is 2.12. The van der Waals surface area contributed by atoms with E-state index in [4.69, 9.17) is 5.73 Å². The fourth-order valence-corrected chi connectivity index (χ4v) is 1.42. The van der Waals surface area contributed by atoms with Crippen LogP contribution in [0.5, 0.6) is 0 Å². The summed E-state index contributed by atoms with van der Waals surface area (Å²) < 4.78 is 0. The number of hydrogen-bond acceptors (Lipinski definition) is 3. The second kappa shape index (κ2) is 8.50. The molecule has 2 amide bonds. The monoisotopic (exact) mass is 285 g/mol. The summed E-state index contributed by atoms with van der Waals surface area (Å²) in [4.78, 5) is 24.3. The van der Waals surface area contributed by atoms with E-state index in [1.54, 1.807) is 14.1 Å². The predicted molar refractivity (Wildman–Crippen MR) is 76.9 cm³/mol. The van der Waals surface area contributed by atoms with Crippen LogP contribution >= 0.6 is 12.4 Å². The number of nitrogens with two attached hydrogens (primary N) is 1. The Morgan fingerprint density at radius 2 is 1.84 bits per heavy atom. The molecule has 1 rings (SSSR count). The van der Waals surface area contributed by atoms with Crippen molar-refractivity contribution < 1.29 is 9.59 Å². The zero-order chi connectivity index (χ0) is 13.5. The van der Waals surface area contributed by atoms with E-state index < -0.39 is 0 Å². The number of amides is 2. The lowest BCUT2D eigenvalue weighted by atomic mass is 10.0. The summed E-state index contributed by atoms with van der Waals surface area (Å²) in [6.07, 6.45) is 0.171. The van der Waals surface area contributed by atoms with Crippen LogP contribution in [0.3, 0.4) is 0 Å². The Morgan fingerprint density at radius 3 is 2.37 bits per heavy atom. The number of carbonyl (C=O) groups excluding carboxylic acids is 2. The molecular formula is C13H20ClN3O2. The first-order valence-electron chi connectivity index (χ1n) is 5.78. The molecule has 1 atom stereocenters. The number of halogens is 1. The quantitative estimate of drug-likeness (QED) is 0.836. The van der Waals surface area contributed by atoms with Gasteiger partial charge in [0, 0.05) is 26.6 Å². The Hall–Kier alpha value is -1.59. The van der Waals surface area contributed by atoms with Crippen LogP contribution in [0.4, 0.5) is 0 Å². The Morgan fingerprint density at radius 1 is 1.26 bits per heavy atom. The summed E-state index contributed by atoms with van der Waals surface area (Å²) in [5.74, 6) is -0.363. The number of nitrogens with zero attached hydrogens (tertiary/aromatic N) is 1. The number of carbonyl (C=O) groups is 2. The first kappa shape index (κ1) is 17.4. The van der Waals surface area contributed by atoms with Crippen molar-refractivity contribution in [3.05, 3.63) is 35.9 Å². The lowest BCUT2D eigenvalue weighted by Crippen LogP contribution is -2.37. The van der Waals surface area contributed by atoms with Crippen molar-refractivity contribution in [3.63, 3.8) is 0 Å². The lowest BCUT2D eigenvalue weighted by molar-refractivity contribution is -0.131. The number of rotatable bonds is 5. The van der Waals surface area contributed by atoms with E-state index >= 15 is 0 Å². The first-order chi connectivity index (χ1) is 8.50. The van der Waals surface area contributed by atoms with Crippen LogP contribution in [-0.2, 0) is 9.59 Å². The maximum Gasteiger partial charge on any atom is 0.241 e. The standard InChI is InChI=1S/C13H19N3O2.ClH/c1-16(2)13(18)9-15-12(17)8-11(14)10-6-4-3-5-7-10;/h3-7,11H,8-9,14H2,1-2H3,(H,15,17);1H. The molecule has 106 valence electrons. The van der Waals surface area contributed by atoms with Gasteiger partial charge in [0.1, 0.15) is 0 Å². The molecule has 0 bridgehead atoms. The van der Waals surface area contributed by atoms with E-state index in [0.717, 1.165) is 5.56 Å². The number of likely N-dealkylation sites (N-methyl/N-ethyl adjacent to an activating group) is 1. The van der Waals surface area contributed by atoms with Crippen LogP contribution in [0.25, 0.3) is 0 Å². The van der Waals surface area contributed by atoms with Crippen molar-refractivity contribution in [2.75, 3.05) is 20.6 Å². The highest BCUT2D eigenvalue weighted by atomic mass is 35.5. The molecule has 1 unspecified atom stereocenters. The van der Waals surface area contributed by atoms with Crippen molar-refractivity contribution in [1.82, 2.24) is 10.2 Å². The highest BCUT2D eigenvalue weighted by molar-refractivity contribution is 5.85. The number of nitrogens with one attached hydrogen (secondary N) is 1. The molecule has 1 aromatic carbocycles. The third kappa shape index (κ3) is 6.22. The summed E-state index contributed by atoms with van der Waals surface area (Å²) in [6, 6.07) is 9.06. The molecular weight excluding hydrogens is 266 g/mol. The third-order valence-electron chi connectivity index (χ3n) is 2.57. The number of benzene rings is 1. The molecule has 19 heavy (non-hydrogen) atoms. The fraction of sp³-hybridized carbons (Fsp3) is 0.385. The fourth-order valence-electron chi connectivity index (χ4n) is 1.42. The van der Waals surface area contributed by atoms with Gasteiger partial charge in [0.05, 0.1) is 6.54 Å². The smallest absolute Gasteiger partial charge is 0.241 e. The van der Waals surface area contributed by atoms with Crippen molar-refractivity contribution in [2.45, 2.75) is 12.5 Å². The topological polar surface area (TPSA) is 75.4 Å². The molecule has 0 radical (unpaired) electrons. The molecule has 0 fully saturated rings. The largest absolute Gasteiger partial charge is 0.347 e. The molecule has 0 aliphatic heterocycles. The van der Waals surface area contributed by atoms with Crippen molar-refractivity contribution in [3.8, 4) is 0 Å². The van der Waals surface area contributed by atoms with Crippen molar-refractivity contribution in [1.29, 1.82) is 0 Å². The third-order valence-corrected chi connectivity index (χ3v) is 2.57. The van der Waals surface area contributed by atoms with Gasteiger partial charge in [0.25, 0.3) is 0 Å². The van der Waals surface area contributed by atoms with Gasteiger partial charge in [-0.25, -0.2) is 0 Å². The van der Waals surface area contributed by atoms with E-state index in [-0.39, 0.29) is 43.2 Å². The molecule has 0 aliphatic rings. The van der Waals surface area contributed by atoms with Gasteiger partial charge in [-0.3, -0.25) is 9.59 Å². The molecule has 0 aliphatic carbocycles. The van der Waals surface area contributed by atoms with E-state index in [9.17, 15) is 9.59 Å². The highest BCUT2D eigenvalue weighted by Gasteiger charge is 2.12.